The molecule has 0 aliphatic heterocycles. The van der Waals surface area contributed by atoms with E-state index in [4.69, 9.17) is 9.47 Å². The van der Waals surface area contributed by atoms with Gasteiger partial charge in [-0.2, -0.15) is 13.2 Å². The lowest BCUT2D eigenvalue weighted by molar-refractivity contribution is -0.145. The molecule has 0 atom stereocenters. The van der Waals surface area contributed by atoms with Crippen molar-refractivity contribution in [3.8, 4) is 5.75 Å². The Balaban J connectivity index is 2.12. The third-order valence-corrected chi connectivity index (χ3v) is 2.71. The topological polar surface area (TPSA) is 30.5 Å². The van der Waals surface area contributed by atoms with Gasteiger partial charge in [-0.15, -0.1) is 0 Å². The van der Waals surface area contributed by atoms with Gasteiger partial charge in [-0.1, -0.05) is 19.1 Å². The van der Waals surface area contributed by atoms with Crippen molar-refractivity contribution in [2.75, 3.05) is 26.4 Å². The number of hydrogen-bond donors (Lipinski definition) is 1. The summed E-state index contributed by atoms with van der Waals surface area (Å²) in [6.07, 6.45) is -4.00. The average Bonchev–Trinajstić information content (AvgIpc) is 2.43. The van der Waals surface area contributed by atoms with Gasteiger partial charge >= 0.3 is 6.18 Å². The fraction of sp³-hybridized carbons (Fsp3) is 0.600. The van der Waals surface area contributed by atoms with E-state index in [2.05, 4.69) is 12.2 Å². The Morgan fingerprint density at radius 3 is 2.38 bits per heavy atom. The maximum Gasteiger partial charge on any atom is 0.391 e. The number of hydrogen-bond acceptors (Lipinski definition) is 3. The van der Waals surface area contributed by atoms with Gasteiger partial charge in [0.25, 0.3) is 0 Å². The van der Waals surface area contributed by atoms with Crippen molar-refractivity contribution in [2.24, 2.45) is 0 Å². The molecule has 0 bridgehead atoms. The number of rotatable bonds is 10. The first-order valence-corrected chi connectivity index (χ1v) is 7.08. The molecule has 0 saturated heterocycles. The third-order valence-electron chi connectivity index (χ3n) is 2.71. The van der Waals surface area contributed by atoms with Crippen LogP contribution < -0.4 is 10.1 Å². The lowest BCUT2D eigenvalue weighted by Crippen LogP contribution is -2.14. The number of alkyl halides is 3. The van der Waals surface area contributed by atoms with Crippen LogP contribution in [-0.2, 0) is 11.3 Å². The molecule has 1 N–H and O–H groups in total. The molecule has 21 heavy (non-hydrogen) atoms. The van der Waals surface area contributed by atoms with Crippen LogP contribution in [0, 0.1) is 0 Å². The highest BCUT2D eigenvalue weighted by Gasteiger charge is 2.26. The zero-order valence-electron chi connectivity index (χ0n) is 12.2. The normalized spacial score (nSPS) is 11.6. The fourth-order valence-electron chi connectivity index (χ4n) is 1.62. The Labute approximate surface area is 123 Å². The second-order valence-corrected chi connectivity index (χ2v) is 4.65. The van der Waals surface area contributed by atoms with E-state index in [0.717, 1.165) is 25.1 Å². The van der Waals surface area contributed by atoms with Gasteiger partial charge in [0, 0.05) is 6.54 Å². The number of nitrogens with one attached hydrogen (secondary N) is 1. The quantitative estimate of drug-likeness (QED) is 0.671. The van der Waals surface area contributed by atoms with Crippen molar-refractivity contribution in [1.29, 1.82) is 0 Å². The molecule has 0 spiro atoms. The first kappa shape index (κ1) is 17.8. The molecule has 0 saturated carbocycles. The summed E-state index contributed by atoms with van der Waals surface area (Å²) in [6, 6.07) is 7.61. The Morgan fingerprint density at radius 1 is 1.05 bits per heavy atom. The molecule has 120 valence electrons. The SMILES string of the molecule is CCCNCc1ccc(OCCOCCC(F)(F)F)cc1. The number of benzene rings is 1. The van der Waals surface area contributed by atoms with E-state index in [1.54, 1.807) is 0 Å². The Hall–Kier alpha value is -1.27. The van der Waals surface area contributed by atoms with Crippen LogP contribution in [0.25, 0.3) is 0 Å². The third kappa shape index (κ3) is 9.31. The molecule has 6 heteroatoms. The van der Waals surface area contributed by atoms with Crippen LogP contribution in [0.15, 0.2) is 24.3 Å². The summed E-state index contributed by atoms with van der Waals surface area (Å²) in [5, 5.41) is 3.30. The Bertz CT molecular complexity index is 380. The summed E-state index contributed by atoms with van der Waals surface area (Å²) in [5.74, 6) is 0.689. The van der Waals surface area contributed by atoms with Crippen LogP contribution in [0.5, 0.6) is 5.75 Å². The maximum atomic E-state index is 11.9. The molecule has 3 nitrogen and oxygen atoms in total. The van der Waals surface area contributed by atoms with E-state index in [0.29, 0.717) is 5.75 Å². The van der Waals surface area contributed by atoms with Crippen LogP contribution in [0.3, 0.4) is 0 Å². The highest BCUT2D eigenvalue weighted by Crippen LogP contribution is 2.19. The molecule has 1 rings (SSSR count). The molecule has 0 aliphatic carbocycles. The van der Waals surface area contributed by atoms with E-state index >= 15 is 0 Å². The lowest BCUT2D eigenvalue weighted by atomic mass is 10.2. The highest BCUT2D eigenvalue weighted by molar-refractivity contribution is 5.27. The molecule has 0 heterocycles. The first-order chi connectivity index (χ1) is 10.0. The monoisotopic (exact) mass is 305 g/mol. The van der Waals surface area contributed by atoms with Crippen molar-refractivity contribution in [3.05, 3.63) is 29.8 Å². The number of halogens is 3. The highest BCUT2D eigenvalue weighted by atomic mass is 19.4. The molecule has 0 fully saturated rings. The molecular weight excluding hydrogens is 283 g/mol. The molecule has 0 radical (unpaired) electrons. The van der Waals surface area contributed by atoms with Crippen molar-refractivity contribution < 1.29 is 22.6 Å². The fourth-order valence-corrected chi connectivity index (χ4v) is 1.62. The molecular formula is C15H22F3NO2. The second-order valence-electron chi connectivity index (χ2n) is 4.65. The smallest absolute Gasteiger partial charge is 0.391 e. The lowest BCUT2D eigenvalue weighted by Gasteiger charge is -2.09. The maximum absolute atomic E-state index is 11.9. The summed E-state index contributed by atoms with van der Waals surface area (Å²) >= 11 is 0. The predicted octanol–water partition coefficient (Wildman–Crippen LogP) is 3.53. The summed E-state index contributed by atoms with van der Waals surface area (Å²) in [6.45, 7) is 3.97. The minimum atomic E-state index is -4.16. The van der Waals surface area contributed by atoms with Crippen LogP contribution in [0.4, 0.5) is 13.2 Å². The van der Waals surface area contributed by atoms with Crippen LogP contribution in [0.1, 0.15) is 25.3 Å². The zero-order chi connectivity index (χ0) is 15.6. The molecule has 0 unspecified atom stereocenters. The summed E-state index contributed by atoms with van der Waals surface area (Å²) < 4.78 is 45.8. The molecule has 0 aromatic heterocycles. The Morgan fingerprint density at radius 2 is 1.76 bits per heavy atom. The average molecular weight is 305 g/mol. The van der Waals surface area contributed by atoms with Gasteiger partial charge in [0.15, 0.2) is 0 Å². The second kappa shape index (κ2) is 9.63. The van der Waals surface area contributed by atoms with Gasteiger partial charge in [0.1, 0.15) is 12.4 Å². The van der Waals surface area contributed by atoms with E-state index in [-0.39, 0.29) is 19.8 Å². The van der Waals surface area contributed by atoms with Gasteiger partial charge in [-0.25, -0.2) is 0 Å². The van der Waals surface area contributed by atoms with Crippen LogP contribution in [0.2, 0.25) is 0 Å². The van der Waals surface area contributed by atoms with Crippen LogP contribution >= 0.6 is 0 Å². The first-order valence-electron chi connectivity index (χ1n) is 7.08. The standard InChI is InChI=1S/C15H22F3NO2/c1-2-8-19-12-13-3-5-14(6-4-13)21-11-10-20-9-7-15(16,17)18/h3-6,19H,2,7-12H2,1H3. The van der Waals surface area contributed by atoms with Gasteiger partial charge in [0.2, 0.25) is 0 Å². The van der Waals surface area contributed by atoms with E-state index in [1.165, 1.54) is 0 Å². The van der Waals surface area contributed by atoms with Crippen molar-refractivity contribution >= 4 is 0 Å². The van der Waals surface area contributed by atoms with Gasteiger partial charge in [-0.3, -0.25) is 0 Å². The molecule has 0 amide bonds. The summed E-state index contributed by atoms with van der Waals surface area (Å²) in [4.78, 5) is 0. The van der Waals surface area contributed by atoms with Crippen molar-refractivity contribution in [3.63, 3.8) is 0 Å². The van der Waals surface area contributed by atoms with E-state index in [9.17, 15) is 13.2 Å². The minimum Gasteiger partial charge on any atom is -0.491 e. The van der Waals surface area contributed by atoms with Gasteiger partial charge in [-0.05, 0) is 30.7 Å². The number of ether oxygens (including phenoxy) is 2. The summed E-state index contributed by atoms with van der Waals surface area (Å²) in [7, 11) is 0. The molecule has 1 aromatic carbocycles. The Kier molecular flexibility index (Phi) is 8.15. The van der Waals surface area contributed by atoms with Gasteiger partial charge < -0.3 is 14.8 Å². The predicted molar refractivity (Wildman–Crippen MR) is 75.4 cm³/mol. The summed E-state index contributed by atoms with van der Waals surface area (Å²) in [5.41, 5.74) is 1.16. The van der Waals surface area contributed by atoms with E-state index in [1.807, 2.05) is 24.3 Å². The zero-order valence-corrected chi connectivity index (χ0v) is 12.2. The van der Waals surface area contributed by atoms with Crippen molar-refractivity contribution in [1.82, 2.24) is 5.32 Å². The van der Waals surface area contributed by atoms with E-state index < -0.39 is 12.6 Å². The van der Waals surface area contributed by atoms with Gasteiger partial charge in [0.05, 0.1) is 19.6 Å². The molecule has 0 aliphatic rings. The van der Waals surface area contributed by atoms with Crippen molar-refractivity contribution in [2.45, 2.75) is 32.5 Å². The largest absolute Gasteiger partial charge is 0.491 e. The van der Waals surface area contributed by atoms with Crippen LogP contribution in [-0.4, -0.2) is 32.5 Å². The molecule has 1 aromatic rings. The minimum absolute atomic E-state index is 0.149.